The van der Waals surface area contributed by atoms with Crippen LogP contribution in [0.3, 0.4) is 0 Å². The number of hydrogen-bond acceptors (Lipinski definition) is 2. The fraction of sp³-hybridized carbons (Fsp3) is 0.714. The molecule has 1 fully saturated rings. The Labute approximate surface area is 98.4 Å². The van der Waals surface area contributed by atoms with E-state index in [1.54, 1.807) is 0 Å². The first-order chi connectivity index (χ1) is 7.79. The molecule has 0 amide bonds. The molecule has 2 nitrogen and oxygen atoms in total. The van der Waals surface area contributed by atoms with E-state index in [0.29, 0.717) is 6.04 Å². The average Bonchev–Trinajstić information content (AvgIpc) is 2.73. The first-order valence-electron chi connectivity index (χ1n) is 6.58. The Kier molecular flexibility index (Phi) is 4.05. The fourth-order valence-electron chi connectivity index (χ4n) is 2.78. The second-order valence-corrected chi connectivity index (χ2v) is 4.95. The van der Waals surface area contributed by atoms with Gasteiger partial charge in [0.05, 0.1) is 6.54 Å². The van der Waals surface area contributed by atoms with Crippen molar-refractivity contribution in [2.24, 2.45) is 5.92 Å². The second kappa shape index (κ2) is 5.53. The first-order valence-corrected chi connectivity index (χ1v) is 6.58. The molecule has 0 radical (unpaired) electrons. The number of hydrogen-bond donors (Lipinski definition) is 1. The third kappa shape index (κ3) is 2.88. The molecule has 0 aromatic carbocycles. The monoisotopic (exact) mass is 221 g/mol. The quantitative estimate of drug-likeness (QED) is 0.839. The molecule has 2 atom stereocenters. The molecule has 0 saturated heterocycles. The van der Waals surface area contributed by atoms with Gasteiger partial charge in [0.15, 0.2) is 0 Å². The Morgan fingerprint density at radius 1 is 1.31 bits per heavy atom. The lowest BCUT2D eigenvalue weighted by atomic mass is 9.83. The third-order valence-electron chi connectivity index (χ3n) is 3.77. The highest BCUT2D eigenvalue weighted by Gasteiger charge is 2.23. The molecule has 90 valence electrons. The van der Waals surface area contributed by atoms with Gasteiger partial charge in [-0.2, -0.15) is 0 Å². The molecule has 1 aliphatic rings. The Bertz CT molecular complexity index is 318. The van der Waals surface area contributed by atoms with Crippen LogP contribution >= 0.6 is 0 Å². The lowest BCUT2D eigenvalue weighted by Crippen LogP contribution is -2.37. The minimum absolute atomic E-state index is 0.698. The summed E-state index contributed by atoms with van der Waals surface area (Å²) in [7, 11) is 0. The van der Waals surface area contributed by atoms with Crippen LogP contribution in [0, 0.1) is 12.8 Å². The van der Waals surface area contributed by atoms with Crippen LogP contribution in [0.5, 0.6) is 0 Å². The first kappa shape index (κ1) is 11.7. The van der Waals surface area contributed by atoms with E-state index in [4.69, 9.17) is 4.42 Å². The van der Waals surface area contributed by atoms with Gasteiger partial charge in [0.1, 0.15) is 11.5 Å². The zero-order valence-electron chi connectivity index (χ0n) is 10.5. The summed E-state index contributed by atoms with van der Waals surface area (Å²) >= 11 is 0. The molecule has 2 unspecified atom stereocenters. The van der Waals surface area contributed by atoms with Gasteiger partial charge in [0, 0.05) is 6.04 Å². The van der Waals surface area contributed by atoms with E-state index in [-0.39, 0.29) is 0 Å². The lowest BCUT2D eigenvalue weighted by Gasteiger charge is -2.31. The molecule has 0 spiro atoms. The summed E-state index contributed by atoms with van der Waals surface area (Å²) in [5.41, 5.74) is 0. The fourth-order valence-corrected chi connectivity index (χ4v) is 2.78. The van der Waals surface area contributed by atoms with Crippen LogP contribution in [0.15, 0.2) is 16.5 Å². The third-order valence-corrected chi connectivity index (χ3v) is 3.77. The van der Waals surface area contributed by atoms with Crippen LogP contribution in [0.4, 0.5) is 0 Å². The van der Waals surface area contributed by atoms with Crippen LogP contribution in [0.25, 0.3) is 0 Å². The van der Waals surface area contributed by atoms with Gasteiger partial charge in [-0.1, -0.05) is 26.2 Å². The zero-order valence-corrected chi connectivity index (χ0v) is 10.5. The van der Waals surface area contributed by atoms with Gasteiger partial charge in [-0.15, -0.1) is 0 Å². The molecular formula is C14H23NO. The molecule has 1 aliphatic carbocycles. The van der Waals surface area contributed by atoms with E-state index in [1.165, 1.54) is 32.1 Å². The molecule has 1 aromatic rings. The Morgan fingerprint density at radius 2 is 2.12 bits per heavy atom. The summed E-state index contributed by atoms with van der Waals surface area (Å²) in [6, 6.07) is 4.81. The van der Waals surface area contributed by atoms with E-state index >= 15 is 0 Å². The predicted molar refractivity (Wildman–Crippen MR) is 66.3 cm³/mol. The smallest absolute Gasteiger partial charge is 0.117 e. The van der Waals surface area contributed by atoms with Crippen LogP contribution in [0.2, 0.25) is 0 Å². The van der Waals surface area contributed by atoms with Crippen LogP contribution in [-0.4, -0.2) is 6.04 Å². The molecule has 2 rings (SSSR count). The SMILES string of the molecule is CCC1CCCCC1NCc1ccc(C)o1. The van der Waals surface area contributed by atoms with Crippen LogP contribution in [0.1, 0.15) is 50.5 Å². The minimum Gasteiger partial charge on any atom is -0.465 e. The zero-order chi connectivity index (χ0) is 11.4. The van der Waals surface area contributed by atoms with Crippen LogP contribution < -0.4 is 5.32 Å². The topological polar surface area (TPSA) is 25.2 Å². The molecule has 0 aliphatic heterocycles. The molecule has 16 heavy (non-hydrogen) atoms. The highest BCUT2D eigenvalue weighted by atomic mass is 16.3. The Hall–Kier alpha value is -0.760. The van der Waals surface area contributed by atoms with Crippen molar-refractivity contribution in [1.29, 1.82) is 0 Å². The average molecular weight is 221 g/mol. The maximum Gasteiger partial charge on any atom is 0.117 e. The van der Waals surface area contributed by atoms with Crippen molar-refractivity contribution in [3.63, 3.8) is 0 Å². The van der Waals surface area contributed by atoms with Crippen molar-refractivity contribution >= 4 is 0 Å². The van der Waals surface area contributed by atoms with E-state index < -0.39 is 0 Å². The second-order valence-electron chi connectivity index (χ2n) is 4.95. The van der Waals surface area contributed by atoms with Gasteiger partial charge in [-0.25, -0.2) is 0 Å². The summed E-state index contributed by atoms with van der Waals surface area (Å²) in [5.74, 6) is 2.94. The molecule has 0 bridgehead atoms. The maximum absolute atomic E-state index is 5.58. The van der Waals surface area contributed by atoms with Gasteiger partial charge >= 0.3 is 0 Å². The number of furan rings is 1. The van der Waals surface area contributed by atoms with Crippen molar-refractivity contribution in [3.8, 4) is 0 Å². The molecular weight excluding hydrogens is 198 g/mol. The minimum atomic E-state index is 0.698. The molecule has 1 N–H and O–H groups in total. The summed E-state index contributed by atoms with van der Waals surface area (Å²) in [6.07, 6.45) is 6.82. The van der Waals surface area contributed by atoms with Crippen molar-refractivity contribution in [2.75, 3.05) is 0 Å². The molecule has 2 heteroatoms. The summed E-state index contributed by atoms with van der Waals surface area (Å²) < 4.78 is 5.58. The summed E-state index contributed by atoms with van der Waals surface area (Å²) in [5, 5.41) is 3.66. The van der Waals surface area contributed by atoms with Gasteiger partial charge in [-0.3, -0.25) is 0 Å². The van der Waals surface area contributed by atoms with E-state index in [0.717, 1.165) is 24.0 Å². The molecule has 1 aromatic heterocycles. The number of rotatable bonds is 4. The van der Waals surface area contributed by atoms with Gasteiger partial charge < -0.3 is 9.73 Å². The predicted octanol–water partition coefficient (Wildman–Crippen LogP) is 3.65. The van der Waals surface area contributed by atoms with E-state index in [2.05, 4.69) is 18.3 Å². The lowest BCUT2D eigenvalue weighted by molar-refractivity contribution is 0.249. The molecule has 1 saturated carbocycles. The van der Waals surface area contributed by atoms with E-state index in [9.17, 15) is 0 Å². The van der Waals surface area contributed by atoms with Crippen molar-refractivity contribution in [2.45, 2.75) is 58.5 Å². The van der Waals surface area contributed by atoms with Crippen molar-refractivity contribution < 1.29 is 4.42 Å². The van der Waals surface area contributed by atoms with Crippen LogP contribution in [-0.2, 0) is 6.54 Å². The highest BCUT2D eigenvalue weighted by Crippen LogP contribution is 2.27. The standard InChI is InChI=1S/C14H23NO/c1-3-12-6-4-5-7-14(12)15-10-13-9-8-11(2)16-13/h8-9,12,14-15H,3-7,10H2,1-2H3. The van der Waals surface area contributed by atoms with Crippen molar-refractivity contribution in [1.82, 2.24) is 5.32 Å². The van der Waals surface area contributed by atoms with Crippen molar-refractivity contribution in [3.05, 3.63) is 23.7 Å². The number of aryl methyl sites for hydroxylation is 1. The van der Waals surface area contributed by atoms with Gasteiger partial charge in [-0.05, 0) is 37.8 Å². The Morgan fingerprint density at radius 3 is 2.81 bits per heavy atom. The largest absolute Gasteiger partial charge is 0.465 e. The normalized spacial score (nSPS) is 25.9. The van der Waals surface area contributed by atoms with Gasteiger partial charge in [0.2, 0.25) is 0 Å². The van der Waals surface area contributed by atoms with Gasteiger partial charge in [0.25, 0.3) is 0 Å². The highest BCUT2D eigenvalue weighted by molar-refractivity contribution is 5.05. The summed E-state index contributed by atoms with van der Waals surface area (Å²) in [4.78, 5) is 0. The maximum atomic E-state index is 5.58. The summed E-state index contributed by atoms with van der Waals surface area (Å²) in [6.45, 7) is 5.19. The Balaban J connectivity index is 1.84. The molecule has 1 heterocycles. The van der Waals surface area contributed by atoms with E-state index in [1.807, 2.05) is 13.0 Å². The number of nitrogens with one attached hydrogen (secondary N) is 1.